The highest BCUT2D eigenvalue weighted by molar-refractivity contribution is 6.30. The average molecular weight is 405 g/mol. The second-order valence-corrected chi connectivity index (χ2v) is 7.31. The van der Waals surface area contributed by atoms with Crippen molar-refractivity contribution in [1.29, 1.82) is 0 Å². The summed E-state index contributed by atoms with van der Waals surface area (Å²) in [4.78, 5) is 20.6. The zero-order chi connectivity index (χ0) is 20.0. The number of fused-ring (bicyclic) bond motifs is 2. The van der Waals surface area contributed by atoms with Crippen LogP contribution in [0.25, 0.3) is 27.8 Å². The van der Waals surface area contributed by atoms with E-state index in [-0.39, 0.29) is 5.56 Å². The van der Waals surface area contributed by atoms with E-state index in [1.54, 1.807) is 18.5 Å². The Bertz CT molecular complexity index is 1400. The summed E-state index contributed by atoms with van der Waals surface area (Å²) < 4.78 is 7.27. The second kappa shape index (κ2) is 6.83. The van der Waals surface area contributed by atoms with E-state index >= 15 is 0 Å². The maximum Gasteiger partial charge on any atom is 0.258 e. The van der Waals surface area contributed by atoms with Gasteiger partial charge in [0.05, 0.1) is 28.9 Å². The monoisotopic (exact) mass is 404 g/mol. The zero-order valence-corrected chi connectivity index (χ0v) is 16.3. The highest BCUT2D eigenvalue weighted by Crippen LogP contribution is 2.30. The molecule has 4 aromatic heterocycles. The van der Waals surface area contributed by atoms with Gasteiger partial charge in [0.25, 0.3) is 5.56 Å². The topological polar surface area (TPSA) is 75.3 Å². The van der Waals surface area contributed by atoms with E-state index in [0.29, 0.717) is 34.3 Å². The number of halogens is 1. The predicted molar refractivity (Wildman–Crippen MR) is 115 cm³/mol. The lowest BCUT2D eigenvalue weighted by Crippen LogP contribution is -2.11. The number of anilines is 1. The minimum atomic E-state index is -0.192. The van der Waals surface area contributed by atoms with Crippen molar-refractivity contribution in [2.24, 2.45) is 0 Å². The van der Waals surface area contributed by atoms with Crippen molar-refractivity contribution in [2.75, 3.05) is 5.32 Å². The van der Waals surface area contributed by atoms with Crippen molar-refractivity contribution in [2.45, 2.75) is 13.5 Å². The highest BCUT2D eigenvalue weighted by Gasteiger charge is 2.18. The molecule has 2 N–H and O–H groups in total. The Kier molecular flexibility index (Phi) is 4.14. The van der Waals surface area contributed by atoms with Crippen LogP contribution in [0.5, 0.6) is 0 Å². The number of nitrogens with one attached hydrogen (secondary N) is 2. The summed E-state index contributed by atoms with van der Waals surface area (Å²) in [5, 5.41) is 4.87. The van der Waals surface area contributed by atoms with Crippen LogP contribution in [0.15, 0.2) is 70.2 Å². The Morgan fingerprint density at radius 1 is 1.21 bits per heavy atom. The van der Waals surface area contributed by atoms with Gasteiger partial charge in [-0.1, -0.05) is 29.8 Å². The standard InChI is InChI=1S/C22H17ClN4O2/c1-13-4-2-5-14-10-17(22(28)26-19(13)14)20-21(24-11-16-6-3-9-29-16)27-12-15(23)7-8-18(27)25-20/h2-10,12,24H,11H2,1H3,(H,26,28). The zero-order valence-electron chi connectivity index (χ0n) is 15.6. The lowest BCUT2D eigenvalue weighted by molar-refractivity contribution is 0.518. The quantitative estimate of drug-likeness (QED) is 0.441. The Labute approximate surface area is 170 Å². The molecule has 144 valence electrons. The van der Waals surface area contributed by atoms with Crippen LogP contribution in [0, 0.1) is 6.92 Å². The van der Waals surface area contributed by atoms with Gasteiger partial charge in [-0.15, -0.1) is 0 Å². The minimum absolute atomic E-state index is 0.192. The fourth-order valence-electron chi connectivity index (χ4n) is 3.52. The number of para-hydroxylation sites is 1. The molecule has 0 aliphatic rings. The molecule has 1 aromatic carbocycles. The van der Waals surface area contributed by atoms with Crippen molar-refractivity contribution >= 4 is 34.0 Å². The third-order valence-corrected chi connectivity index (χ3v) is 5.16. The average Bonchev–Trinajstić information content (AvgIpc) is 3.34. The number of H-pyrrole nitrogens is 1. The number of nitrogens with zero attached hydrogens (tertiary/aromatic N) is 2. The van der Waals surface area contributed by atoms with Gasteiger partial charge in [-0.25, -0.2) is 4.98 Å². The van der Waals surface area contributed by atoms with Gasteiger partial charge in [0.15, 0.2) is 0 Å². The van der Waals surface area contributed by atoms with E-state index in [1.165, 1.54) is 0 Å². The molecule has 0 atom stereocenters. The molecule has 0 bridgehead atoms. The lowest BCUT2D eigenvalue weighted by atomic mass is 10.1. The van der Waals surface area contributed by atoms with Crippen molar-refractivity contribution in [3.8, 4) is 11.3 Å². The number of imidazole rings is 1. The molecule has 0 saturated heterocycles. The summed E-state index contributed by atoms with van der Waals surface area (Å²) in [6.07, 6.45) is 3.40. The van der Waals surface area contributed by atoms with Crippen molar-refractivity contribution in [3.63, 3.8) is 0 Å². The Morgan fingerprint density at radius 2 is 2.10 bits per heavy atom. The number of aromatic amines is 1. The summed E-state index contributed by atoms with van der Waals surface area (Å²) in [5.74, 6) is 1.45. The van der Waals surface area contributed by atoms with E-state index in [9.17, 15) is 4.79 Å². The van der Waals surface area contributed by atoms with E-state index in [2.05, 4.69) is 10.3 Å². The molecular weight excluding hydrogens is 388 g/mol. The molecule has 0 spiro atoms. The number of aromatic nitrogens is 3. The van der Waals surface area contributed by atoms with E-state index < -0.39 is 0 Å². The van der Waals surface area contributed by atoms with Crippen molar-refractivity contribution in [1.82, 2.24) is 14.4 Å². The maximum atomic E-state index is 12.9. The summed E-state index contributed by atoms with van der Waals surface area (Å²) in [6.45, 7) is 2.42. The van der Waals surface area contributed by atoms with Gasteiger partial charge in [0.2, 0.25) is 0 Å². The largest absolute Gasteiger partial charge is 0.467 e. The van der Waals surface area contributed by atoms with Gasteiger partial charge in [0, 0.05) is 6.20 Å². The molecule has 5 aromatic rings. The fourth-order valence-corrected chi connectivity index (χ4v) is 3.68. The number of furan rings is 1. The molecule has 29 heavy (non-hydrogen) atoms. The Morgan fingerprint density at radius 3 is 2.93 bits per heavy atom. The first kappa shape index (κ1) is 17.6. The maximum absolute atomic E-state index is 12.9. The van der Waals surface area contributed by atoms with Gasteiger partial charge >= 0.3 is 0 Å². The predicted octanol–water partition coefficient (Wildman–Crippen LogP) is 5.01. The number of benzene rings is 1. The molecular formula is C22H17ClN4O2. The summed E-state index contributed by atoms with van der Waals surface area (Å²) in [5.41, 5.74) is 3.40. The van der Waals surface area contributed by atoms with Gasteiger partial charge in [-0.3, -0.25) is 9.20 Å². The van der Waals surface area contributed by atoms with E-state index in [4.69, 9.17) is 21.0 Å². The molecule has 0 aliphatic carbocycles. The number of rotatable bonds is 4. The molecule has 4 heterocycles. The first-order valence-corrected chi connectivity index (χ1v) is 9.55. The molecule has 0 unspecified atom stereocenters. The van der Waals surface area contributed by atoms with Crippen LogP contribution in [-0.2, 0) is 6.54 Å². The molecule has 5 rings (SSSR count). The molecule has 6 nitrogen and oxygen atoms in total. The molecule has 0 radical (unpaired) electrons. The number of hydrogen-bond acceptors (Lipinski definition) is 4. The molecule has 0 fully saturated rings. The van der Waals surface area contributed by atoms with Crippen LogP contribution in [0.3, 0.4) is 0 Å². The van der Waals surface area contributed by atoms with Gasteiger partial charge in [0.1, 0.15) is 22.9 Å². The Balaban J connectivity index is 1.72. The van der Waals surface area contributed by atoms with E-state index in [0.717, 1.165) is 22.2 Å². The molecule has 7 heteroatoms. The van der Waals surface area contributed by atoms with Crippen LogP contribution in [0.1, 0.15) is 11.3 Å². The second-order valence-electron chi connectivity index (χ2n) is 6.87. The first-order valence-electron chi connectivity index (χ1n) is 9.17. The van der Waals surface area contributed by atoms with E-state index in [1.807, 2.05) is 53.8 Å². The first-order chi connectivity index (χ1) is 14.1. The van der Waals surface area contributed by atoms with Crippen LogP contribution < -0.4 is 10.9 Å². The number of hydrogen-bond donors (Lipinski definition) is 2. The normalized spacial score (nSPS) is 11.4. The van der Waals surface area contributed by atoms with Crippen LogP contribution >= 0.6 is 11.6 Å². The fraction of sp³-hybridized carbons (Fsp3) is 0.0909. The van der Waals surface area contributed by atoms with Crippen LogP contribution in [0.2, 0.25) is 5.02 Å². The van der Waals surface area contributed by atoms with Crippen molar-refractivity contribution in [3.05, 3.63) is 87.7 Å². The summed E-state index contributed by atoms with van der Waals surface area (Å²) >= 11 is 6.21. The highest BCUT2D eigenvalue weighted by atomic mass is 35.5. The molecule has 0 aliphatic heterocycles. The molecule has 0 saturated carbocycles. The number of aryl methyl sites for hydroxylation is 1. The molecule has 0 amide bonds. The smallest absolute Gasteiger partial charge is 0.258 e. The van der Waals surface area contributed by atoms with Crippen molar-refractivity contribution < 1.29 is 4.42 Å². The lowest BCUT2D eigenvalue weighted by Gasteiger charge is -2.09. The third-order valence-electron chi connectivity index (χ3n) is 4.94. The summed E-state index contributed by atoms with van der Waals surface area (Å²) in [7, 11) is 0. The van der Waals surface area contributed by atoms with Crippen LogP contribution in [0.4, 0.5) is 5.82 Å². The van der Waals surface area contributed by atoms with Gasteiger partial charge in [-0.2, -0.15) is 0 Å². The summed E-state index contributed by atoms with van der Waals surface area (Å²) in [6, 6.07) is 15.1. The SMILES string of the molecule is Cc1cccc2cc(-c3nc4ccc(Cl)cn4c3NCc3ccco3)c(=O)[nH]c12. The minimum Gasteiger partial charge on any atom is -0.467 e. The Hall–Kier alpha value is -3.51. The third kappa shape index (κ3) is 3.07. The van der Waals surface area contributed by atoms with Gasteiger partial charge < -0.3 is 14.7 Å². The number of pyridine rings is 2. The van der Waals surface area contributed by atoms with Gasteiger partial charge in [-0.05, 0) is 48.2 Å². The van der Waals surface area contributed by atoms with Crippen LogP contribution in [-0.4, -0.2) is 14.4 Å².